The van der Waals surface area contributed by atoms with Crippen molar-refractivity contribution in [1.29, 1.82) is 0 Å². The van der Waals surface area contributed by atoms with Gasteiger partial charge in [-0.3, -0.25) is 0 Å². The van der Waals surface area contributed by atoms with Gasteiger partial charge >= 0.3 is 0 Å². The first kappa shape index (κ1) is 22.4. The Kier molecular flexibility index (Phi) is 6.55. The number of unbranched alkanes of at least 4 members (excludes halogenated alkanes) is 1. The summed E-state index contributed by atoms with van der Waals surface area (Å²) in [6, 6.07) is 14.9. The average molecular weight is 439 g/mol. The SMILES string of the molecule is CCCCC1CCCCC1(C#Cc1cc(F)c(F)c(F)c1F)c1cccc2ccccc12. The molecule has 0 bridgehead atoms. The van der Waals surface area contributed by atoms with Crippen LogP contribution in [0.4, 0.5) is 17.6 Å². The summed E-state index contributed by atoms with van der Waals surface area (Å²) in [4.78, 5) is 0. The molecule has 1 aliphatic rings. The smallest absolute Gasteiger partial charge is 0.198 e. The van der Waals surface area contributed by atoms with Crippen molar-refractivity contribution in [2.24, 2.45) is 5.92 Å². The van der Waals surface area contributed by atoms with E-state index in [1.807, 2.05) is 30.3 Å². The summed E-state index contributed by atoms with van der Waals surface area (Å²) in [5, 5.41) is 2.18. The second-order valence-electron chi connectivity index (χ2n) is 8.68. The van der Waals surface area contributed by atoms with E-state index in [0.29, 0.717) is 6.07 Å². The minimum absolute atomic E-state index is 0.243. The lowest BCUT2D eigenvalue weighted by molar-refractivity contribution is 0.227. The molecule has 4 heteroatoms. The van der Waals surface area contributed by atoms with Gasteiger partial charge in [0.1, 0.15) is 0 Å². The summed E-state index contributed by atoms with van der Waals surface area (Å²) in [5.41, 5.74) is 0.0652. The van der Waals surface area contributed by atoms with Crippen LogP contribution in [0, 0.1) is 41.0 Å². The molecular weight excluding hydrogens is 412 g/mol. The van der Waals surface area contributed by atoms with Gasteiger partial charge in [0.25, 0.3) is 0 Å². The van der Waals surface area contributed by atoms with Crippen LogP contribution in [0.2, 0.25) is 0 Å². The van der Waals surface area contributed by atoms with E-state index in [0.717, 1.165) is 61.3 Å². The third kappa shape index (κ3) is 4.01. The fraction of sp³-hybridized carbons (Fsp3) is 0.357. The molecule has 3 aromatic carbocycles. The molecule has 0 spiro atoms. The quantitative estimate of drug-likeness (QED) is 0.167. The molecule has 0 nitrogen and oxygen atoms in total. The molecule has 0 amide bonds. The Balaban J connectivity index is 1.93. The van der Waals surface area contributed by atoms with E-state index in [9.17, 15) is 17.6 Å². The van der Waals surface area contributed by atoms with Gasteiger partial charge in [-0.15, -0.1) is 0 Å². The average Bonchev–Trinajstić information content (AvgIpc) is 2.83. The number of halogens is 4. The molecule has 1 fully saturated rings. The molecule has 0 N–H and O–H groups in total. The second kappa shape index (κ2) is 9.36. The zero-order chi connectivity index (χ0) is 22.7. The third-order valence-corrected chi connectivity index (χ3v) is 6.77. The molecule has 32 heavy (non-hydrogen) atoms. The Hall–Kier alpha value is -2.80. The van der Waals surface area contributed by atoms with Gasteiger partial charge in [-0.25, -0.2) is 17.6 Å². The Morgan fingerprint density at radius 1 is 0.938 bits per heavy atom. The Morgan fingerprint density at radius 2 is 1.72 bits per heavy atom. The van der Waals surface area contributed by atoms with Crippen molar-refractivity contribution in [3.8, 4) is 11.8 Å². The zero-order valence-corrected chi connectivity index (χ0v) is 18.2. The Bertz CT molecular complexity index is 1180. The van der Waals surface area contributed by atoms with Crippen LogP contribution in [-0.4, -0.2) is 0 Å². The number of hydrogen-bond acceptors (Lipinski definition) is 0. The van der Waals surface area contributed by atoms with E-state index in [-0.39, 0.29) is 5.92 Å². The summed E-state index contributed by atoms with van der Waals surface area (Å²) in [7, 11) is 0. The first-order valence-corrected chi connectivity index (χ1v) is 11.3. The van der Waals surface area contributed by atoms with E-state index < -0.39 is 34.2 Å². The highest BCUT2D eigenvalue weighted by molar-refractivity contribution is 5.87. The zero-order valence-electron chi connectivity index (χ0n) is 18.2. The maximum atomic E-state index is 14.4. The van der Waals surface area contributed by atoms with Gasteiger partial charge in [0.05, 0.1) is 11.0 Å². The van der Waals surface area contributed by atoms with Crippen LogP contribution >= 0.6 is 0 Å². The lowest BCUT2D eigenvalue weighted by Crippen LogP contribution is -2.37. The van der Waals surface area contributed by atoms with Gasteiger partial charge < -0.3 is 0 Å². The van der Waals surface area contributed by atoms with E-state index in [2.05, 4.69) is 30.9 Å². The number of rotatable bonds is 4. The topological polar surface area (TPSA) is 0 Å². The molecule has 166 valence electrons. The first-order chi connectivity index (χ1) is 15.5. The van der Waals surface area contributed by atoms with Crippen molar-refractivity contribution in [3.05, 3.63) is 82.9 Å². The van der Waals surface area contributed by atoms with Crippen molar-refractivity contribution >= 4 is 10.8 Å². The highest BCUT2D eigenvalue weighted by atomic mass is 19.2. The number of hydrogen-bond donors (Lipinski definition) is 0. The first-order valence-electron chi connectivity index (χ1n) is 11.3. The molecule has 4 rings (SSSR count). The molecule has 1 saturated carbocycles. The normalized spacial score (nSPS) is 20.7. The molecule has 0 saturated heterocycles. The summed E-state index contributed by atoms with van der Waals surface area (Å²) in [5.74, 6) is -0.240. The fourth-order valence-corrected chi connectivity index (χ4v) is 5.13. The van der Waals surface area contributed by atoms with Gasteiger partial charge in [0.2, 0.25) is 0 Å². The molecular formula is C28H26F4. The van der Waals surface area contributed by atoms with Crippen LogP contribution in [0.3, 0.4) is 0 Å². The van der Waals surface area contributed by atoms with Crippen molar-refractivity contribution in [2.45, 2.75) is 57.3 Å². The highest BCUT2D eigenvalue weighted by Crippen LogP contribution is 2.48. The molecule has 0 heterocycles. The highest BCUT2D eigenvalue weighted by Gasteiger charge is 2.41. The maximum Gasteiger partial charge on any atom is 0.198 e. The molecule has 0 aromatic heterocycles. The molecule has 3 aromatic rings. The van der Waals surface area contributed by atoms with E-state index >= 15 is 0 Å². The Morgan fingerprint density at radius 3 is 2.53 bits per heavy atom. The third-order valence-electron chi connectivity index (χ3n) is 6.77. The van der Waals surface area contributed by atoms with Gasteiger partial charge in [0.15, 0.2) is 23.3 Å². The maximum absolute atomic E-state index is 14.4. The molecule has 0 aliphatic heterocycles. The van der Waals surface area contributed by atoms with Crippen LogP contribution in [0.25, 0.3) is 10.8 Å². The van der Waals surface area contributed by atoms with Crippen molar-refractivity contribution in [2.75, 3.05) is 0 Å². The minimum atomic E-state index is -1.82. The minimum Gasteiger partial charge on any atom is -0.204 e. The number of benzene rings is 3. The molecule has 2 atom stereocenters. The van der Waals surface area contributed by atoms with Gasteiger partial charge in [-0.2, -0.15) is 0 Å². The monoisotopic (exact) mass is 438 g/mol. The van der Waals surface area contributed by atoms with Crippen molar-refractivity contribution < 1.29 is 17.6 Å². The predicted molar refractivity (Wildman–Crippen MR) is 120 cm³/mol. The van der Waals surface area contributed by atoms with Gasteiger partial charge in [-0.05, 0) is 47.6 Å². The summed E-state index contributed by atoms with van der Waals surface area (Å²) in [6.45, 7) is 2.15. The Labute approximate surface area is 186 Å². The number of fused-ring (bicyclic) bond motifs is 1. The van der Waals surface area contributed by atoms with Gasteiger partial charge in [-0.1, -0.05) is 86.9 Å². The van der Waals surface area contributed by atoms with Crippen LogP contribution in [0.15, 0.2) is 48.5 Å². The lowest BCUT2D eigenvalue weighted by atomic mass is 9.60. The van der Waals surface area contributed by atoms with E-state index in [1.54, 1.807) is 0 Å². The second-order valence-corrected chi connectivity index (χ2v) is 8.68. The summed E-state index contributed by atoms with van der Waals surface area (Å²) < 4.78 is 55.5. The molecule has 2 unspecified atom stereocenters. The van der Waals surface area contributed by atoms with E-state index in [4.69, 9.17) is 0 Å². The fourth-order valence-electron chi connectivity index (χ4n) is 5.13. The molecule has 1 aliphatic carbocycles. The van der Waals surface area contributed by atoms with Crippen LogP contribution in [0.5, 0.6) is 0 Å². The van der Waals surface area contributed by atoms with Crippen molar-refractivity contribution in [1.82, 2.24) is 0 Å². The van der Waals surface area contributed by atoms with Crippen LogP contribution in [0.1, 0.15) is 63.0 Å². The van der Waals surface area contributed by atoms with Crippen LogP contribution < -0.4 is 0 Å². The predicted octanol–water partition coefficient (Wildman–Crippen LogP) is 8.07. The van der Waals surface area contributed by atoms with Crippen LogP contribution in [-0.2, 0) is 5.41 Å². The summed E-state index contributed by atoms with van der Waals surface area (Å²) in [6.07, 6.45) is 6.92. The molecule has 0 radical (unpaired) electrons. The van der Waals surface area contributed by atoms with Crippen molar-refractivity contribution in [3.63, 3.8) is 0 Å². The van der Waals surface area contributed by atoms with E-state index in [1.165, 1.54) is 0 Å². The van der Waals surface area contributed by atoms with Gasteiger partial charge in [0, 0.05) is 0 Å². The largest absolute Gasteiger partial charge is 0.204 e. The lowest BCUT2D eigenvalue weighted by Gasteiger charge is -2.42. The summed E-state index contributed by atoms with van der Waals surface area (Å²) >= 11 is 0. The standard InChI is InChI=1S/C28H26F4/c1-2-3-11-21-12-6-7-16-28(21,23-14-8-10-19-9-4-5-13-22(19)23)17-15-20-18-24(29)26(31)27(32)25(20)30/h4-5,8-10,13-14,18,21H,2-3,6-7,11-12,16H2,1H3.